The van der Waals surface area contributed by atoms with Crippen LogP contribution in [0.5, 0.6) is 0 Å². The summed E-state index contributed by atoms with van der Waals surface area (Å²) >= 11 is 4.96. The first kappa shape index (κ1) is 14.9. The van der Waals surface area contributed by atoms with E-state index in [4.69, 9.17) is 22.7 Å². The molecule has 108 valence electrons. The number of nitrogens with two attached hydrogens (primary N) is 1. The lowest BCUT2D eigenvalue weighted by atomic mass is 10.1. The van der Waals surface area contributed by atoms with E-state index < -0.39 is 0 Å². The third-order valence-corrected chi connectivity index (χ3v) is 3.75. The lowest BCUT2D eigenvalue weighted by molar-refractivity contribution is -0.141. The monoisotopic (exact) mass is 292 g/mol. The predicted molar refractivity (Wildman–Crippen MR) is 82.4 cm³/mol. The van der Waals surface area contributed by atoms with Crippen molar-refractivity contribution in [3.8, 4) is 0 Å². The van der Waals surface area contributed by atoms with E-state index in [2.05, 4.69) is 0 Å². The Balaban J connectivity index is 2.00. The van der Waals surface area contributed by atoms with Crippen LogP contribution in [-0.2, 0) is 16.1 Å². The number of likely N-dealkylation sites (N-methyl/N-ethyl adjacent to an activating group) is 1. The standard InChI is InChI=1S/C15H20N2O2S/c1-10-6-7-13(19-10)15(18)17(2)9-11-4-3-5-12(8-11)14(16)20/h3-5,8,10,13H,6-7,9H2,1-2H3,(H2,16,20). The molecular formula is C15H20N2O2S. The molecule has 2 atom stereocenters. The van der Waals surface area contributed by atoms with Gasteiger partial charge in [0.25, 0.3) is 5.91 Å². The van der Waals surface area contributed by atoms with Gasteiger partial charge in [0.05, 0.1) is 6.10 Å². The van der Waals surface area contributed by atoms with Crippen LogP contribution in [0.4, 0.5) is 0 Å². The Labute approximate surface area is 124 Å². The molecule has 2 unspecified atom stereocenters. The van der Waals surface area contributed by atoms with Gasteiger partial charge in [0.15, 0.2) is 0 Å². The van der Waals surface area contributed by atoms with Gasteiger partial charge in [-0.1, -0.05) is 30.4 Å². The SMILES string of the molecule is CC1CCC(C(=O)N(C)Cc2cccc(C(N)=S)c2)O1. The average Bonchev–Trinajstić information content (AvgIpc) is 2.84. The summed E-state index contributed by atoms with van der Waals surface area (Å²) in [6.07, 6.45) is 1.63. The number of carbonyl (C=O) groups is 1. The highest BCUT2D eigenvalue weighted by molar-refractivity contribution is 7.80. The highest BCUT2D eigenvalue weighted by Gasteiger charge is 2.30. The number of benzene rings is 1. The van der Waals surface area contributed by atoms with Crippen LogP contribution in [0, 0.1) is 0 Å². The maximum atomic E-state index is 12.3. The topological polar surface area (TPSA) is 55.6 Å². The molecule has 0 bridgehead atoms. The number of rotatable bonds is 4. The molecule has 1 aromatic rings. The summed E-state index contributed by atoms with van der Waals surface area (Å²) in [6, 6.07) is 7.65. The van der Waals surface area contributed by atoms with Crippen LogP contribution in [0.2, 0.25) is 0 Å². The van der Waals surface area contributed by atoms with Crippen molar-refractivity contribution in [2.75, 3.05) is 7.05 Å². The lowest BCUT2D eigenvalue weighted by Crippen LogP contribution is -2.36. The Hall–Kier alpha value is -1.46. The fourth-order valence-electron chi connectivity index (χ4n) is 2.40. The van der Waals surface area contributed by atoms with Crippen molar-refractivity contribution < 1.29 is 9.53 Å². The van der Waals surface area contributed by atoms with E-state index in [0.717, 1.165) is 24.0 Å². The van der Waals surface area contributed by atoms with E-state index >= 15 is 0 Å². The van der Waals surface area contributed by atoms with Gasteiger partial charge in [-0.25, -0.2) is 0 Å². The molecule has 1 heterocycles. The van der Waals surface area contributed by atoms with Crippen molar-refractivity contribution in [1.29, 1.82) is 0 Å². The van der Waals surface area contributed by atoms with E-state index in [1.54, 1.807) is 11.9 Å². The van der Waals surface area contributed by atoms with Crippen molar-refractivity contribution in [2.45, 2.75) is 38.5 Å². The normalized spacial score (nSPS) is 21.7. The summed E-state index contributed by atoms with van der Waals surface area (Å²) in [5, 5.41) is 0. The Morgan fingerprint density at radius 2 is 2.25 bits per heavy atom. The first-order chi connectivity index (χ1) is 9.47. The molecule has 20 heavy (non-hydrogen) atoms. The number of hydrogen-bond donors (Lipinski definition) is 1. The second-order valence-corrected chi connectivity index (χ2v) is 5.71. The van der Waals surface area contributed by atoms with Crippen molar-refractivity contribution in [1.82, 2.24) is 4.90 Å². The molecule has 0 aliphatic carbocycles. The van der Waals surface area contributed by atoms with Crippen molar-refractivity contribution in [2.24, 2.45) is 5.73 Å². The third-order valence-electron chi connectivity index (χ3n) is 3.51. The van der Waals surface area contributed by atoms with E-state index in [0.29, 0.717) is 11.5 Å². The maximum absolute atomic E-state index is 12.3. The first-order valence-corrected chi connectivity index (χ1v) is 7.17. The van der Waals surface area contributed by atoms with Gasteiger partial charge in [0.1, 0.15) is 11.1 Å². The number of amides is 1. The predicted octanol–water partition coefficient (Wildman–Crippen LogP) is 1.85. The van der Waals surface area contributed by atoms with Crippen molar-refractivity contribution >= 4 is 23.1 Å². The van der Waals surface area contributed by atoms with Gasteiger partial charge < -0.3 is 15.4 Å². The third kappa shape index (κ3) is 3.55. The molecule has 1 amide bonds. The molecule has 0 spiro atoms. The molecule has 1 saturated heterocycles. The van der Waals surface area contributed by atoms with Gasteiger partial charge in [0.2, 0.25) is 0 Å². The van der Waals surface area contributed by atoms with Gasteiger partial charge in [-0.05, 0) is 31.4 Å². The van der Waals surface area contributed by atoms with E-state index in [-0.39, 0.29) is 18.1 Å². The smallest absolute Gasteiger partial charge is 0.251 e. The van der Waals surface area contributed by atoms with Crippen molar-refractivity contribution in [3.05, 3.63) is 35.4 Å². The second-order valence-electron chi connectivity index (χ2n) is 5.27. The molecular weight excluding hydrogens is 272 g/mol. The van der Waals surface area contributed by atoms with E-state index in [9.17, 15) is 4.79 Å². The average molecular weight is 292 g/mol. The Bertz CT molecular complexity index is 518. The second kappa shape index (κ2) is 6.33. The van der Waals surface area contributed by atoms with Crippen LogP contribution in [0.25, 0.3) is 0 Å². The van der Waals surface area contributed by atoms with Crippen LogP contribution in [0.15, 0.2) is 24.3 Å². The summed E-state index contributed by atoms with van der Waals surface area (Å²) in [5.74, 6) is 0.0371. The van der Waals surface area contributed by atoms with Crippen LogP contribution < -0.4 is 5.73 Å². The van der Waals surface area contributed by atoms with Gasteiger partial charge >= 0.3 is 0 Å². The first-order valence-electron chi connectivity index (χ1n) is 6.76. The summed E-state index contributed by atoms with van der Waals surface area (Å²) in [6.45, 7) is 2.53. The largest absolute Gasteiger partial charge is 0.389 e. The van der Waals surface area contributed by atoms with Crippen molar-refractivity contribution in [3.63, 3.8) is 0 Å². The summed E-state index contributed by atoms with van der Waals surface area (Å²) in [7, 11) is 1.79. The number of hydrogen-bond acceptors (Lipinski definition) is 3. The molecule has 5 heteroatoms. The fourth-order valence-corrected chi connectivity index (χ4v) is 2.53. The molecule has 0 aromatic heterocycles. The van der Waals surface area contributed by atoms with Crippen LogP contribution in [0.3, 0.4) is 0 Å². The highest BCUT2D eigenvalue weighted by Crippen LogP contribution is 2.21. The minimum atomic E-state index is -0.297. The van der Waals surface area contributed by atoms with Crippen LogP contribution in [0.1, 0.15) is 30.9 Å². The van der Waals surface area contributed by atoms with Gasteiger partial charge in [-0.3, -0.25) is 4.79 Å². The number of carbonyl (C=O) groups excluding carboxylic acids is 1. The van der Waals surface area contributed by atoms with Crippen LogP contribution in [-0.4, -0.2) is 35.1 Å². The fraction of sp³-hybridized carbons (Fsp3) is 0.467. The van der Waals surface area contributed by atoms with Gasteiger partial charge in [0, 0.05) is 19.2 Å². The molecule has 2 rings (SSSR count). The minimum Gasteiger partial charge on any atom is -0.389 e. The number of ether oxygens (including phenoxy) is 1. The molecule has 4 nitrogen and oxygen atoms in total. The molecule has 1 fully saturated rings. The quantitative estimate of drug-likeness (QED) is 0.861. The molecule has 1 aromatic carbocycles. The number of thiocarbonyl (C=S) groups is 1. The molecule has 1 aliphatic heterocycles. The summed E-state index contributed by atoms with van der Waals surface area (Å²) in [4.78, 5) is 14.3. The molecule has 0 saturated carbocycles. The van der Waals surface area contributed by atoms with Crippen LogP contribution >= 0.6 is 12.2 Å². The van der Waals surface area contributed by atoms with E-state index in [1.807, 2.05) is 31.2 Å². The Morgan fingerprint density at radius 3 is 2.85 bits per heavy atom. The summed E-state index contributed by atoms with van der Waals surface area (Å²) in [5.41, 5.74) is 7.45. The Kier molecular flexibility index (Phi) is 4.73. The Morgan fingerprint density at radius 1 is 1.50 bits per heavy atom. The molecule has 1 aliphatic rings. The minimum absolute atomic E-state index is 0.0371. The highest BCUT2D eigenvalue weighted by atomic mass is 32.1. The number of nitrogens with zero attached hydrogens (tertiary/aromatic N) is 1. The lowest BCUT2D eigenvalue weighted by Gasteiger charge is -2.21. The zero-order valence-electron chi connectivity index (χ0n) is 11.8. The van der Waals surface area contributed by atoms with E-state index in [1.165, 1.54) is 0 Å². The van der Waals surface area contributed by atoms with Gasteiger partial charge in [-0.15, -0.1) is 0 Å². The maximum Gasteiger partial charge on any atom is 0.251 e. The molecule has 0 radical (unpaired) electrons. The molecule has 2 N–H and O–H groups in total. The van der Waals surface area contributed by atoms with Gasteiger partial charge in [-0.2, -0.15) is 0 Å². The summed E-state index contributed by atoms with van der Waals surface area (Å²) < 4.78 is 5.61. The zero-order valence-corrected chi connectivity index (χ0v) is 12.7. The zero-order chi connectivity index (χ0) is 14.7.